The van der Waals surface area contributed by atoms with Gasteiger partial charge in [0.2, 0.25) is 5.76 Å². The number of anilines is 1. The summed E-state index contributed by atoms with van der Waals surface area (Å²) in [4.78, 5) is 12.9. The third kappa shape index (κ3) is 2.77. The van der Waals surface area contributed by atoms with Gasteiger partial charge < -0.3 is 19.2 Å². The molecule has 0 spiro atoms. The number of aryl methyl sites for hydroxylation is 1. The van der Waals surface area contributed by atoms with Gasteiger partial charge in [0.05, 0.1) is 19.3 Å². The van der Waals surface area contributed by atoms with E-state index in [-0.39, 0.29) is 5.76 Å². The molecule has 1 heterocycles. The molecule has 0 radical (unpaired) electrons. The summed E-state index contributed by atoms with van der Waals surface area (Å²) in [5, 5.41) is 8.98. The minimum atomic E-state index is -1.05. The van der Waals surface area contributed by atoms with Crippen molar-refractivity contribution in [3.05, 3.63) is 47.4 Å². The van der Waals surface area contributed by atoms with Crippen molar-refractivity contribution in [1.29, 1.82) is 0 Å². The molecule has 20 heavy (non-hydrogen) atoms. The summed E-state index contributed by atoms with van der Waals surface area (Å²) in [7, 11) is 3.52. The van der Waals surface area contributed by atoms with Crippen LogP contribution in [0.25, 0.3) is 0 Å². The van der Waals surface area contributed by atoms with E-state index in [9.17, 15) is 4.79 Å². The summed E-state index contributed by atoms with van der Waals surface area (Å²) < 4.78 is 10.7. The first-order chi connectivity index (χ1) is 9.52. The summed E-state index contributed by atoms with van der Waals surface area (Å²) in [5.41, 5.74) is 1.54. The molecular formula is C15H17NO4. The zero-order chi connectivity index (χ0) is 14.7. The Kier molecular flexibility index (Phi) is 3.98. The number of carbonyl (C=O) groups is 1. The van der Waals surface area contributed by atoms with E-state index in [0.29, 0.717) is 17.9 Å². The first kappa shape index (κ1) is 14.0. The lowest BCUT2D eigenvalue weighted by atomic mass is 10.2. The Morgan fingerprint density at radius 2 is 2.10 bits per heavy atom. The summed E-state index contributed by atoms with van der Waals surface area (Å²) in [6.45, 7) is 2.19. The van der Waals surface area contributed by atoms with Gasteiger partial charge in [-0.15, -0.1) is 0 Å². The van der Waals surface area contributed by atoms with Crippen LogP contribution in [0.15, 0.2) is 34.7 Å². The number of carboxylic acid groups (broad SMARTS) is 1. The first-order valence-corrected chi connectivity index (χ1v) is 6.19. The summed E-state index contributed by atoms with van der Waals surface area (Å²) in [5.74, 6) is 0.312. The van der Waals surface area contributed by atoms with Crippen molar-refractivity contribution in [3.63, 3.8) is 0 Å². The van der Waals surface area contributed by atoms with Crippen LogP contribution in [-0.2, 0) is 6.54 Å². The van der Waals surface area contributed by atoms with Gasteiger partial charge in [0.15, 0.2) is 0 Å². The number of methoxy groups -OCH3 is 1. The van der Waals surface area contributed by atoms with Crippen molar-refractivity contribution < 1.29 is 19.1 Å². The molecule has 0 saturated heterocycles. The summed E-state index contributed by atoms with van der Waals surface area (Å²) in [6.07, 6.45) is 0. The molecule has 1 aromatic heterocycles. The highest BCUT2D eigenvalue weighted by Crippen LogP contribution is 2.28. The minimum absolute atomic E-state index is 0.00609. The number of hydrogen-bond donors (Lipinski definition) is 1. The number of ether oxygens (including phenoxy) is 1. The number of furan rings is 1. The average Bonchev–Trinajstić information content (AvgIpc) is 2.79. The van der Waals surface area contributed by atoms with Crippen LogP contribution in [0, 0.1) is 6.92 Å². The maximum atomic E-state index is 11.0. The van der Waals surface area contributed by atoms with E-state index in [0.717, 1.165) is 11.4 Å². The molecule has 5 heteroatoms. The molecule has 0 amide bonds. The van der Waals surface area contributed by atoms with Crippen LogP contribution in [0.5, 0.6) is 5.75 Å². The molecule has 0 aliphatic carbocycles. The minimum Gasteiger partial charge on any atom is -0.495 e. The number of rotatable bonds is 5. The topological polar surface area (TPSA) is 62.9 Å². The van der Waals surface area contributed by atoms with Crippen LogP contribution in [0.2, 0.25) is 0 Å². The highest BCUT2D eigenvalue weighted by Gasteiger charge is 2.16. The molecule has 0 atom stereocenters. The lowest BCUT2D eigenvalue weighted by Gasteiger charge is -2.20. The Labute approximate surface area is 117 Å². The van der Waals surface area contributed by atoms with Crippen molar-refractivity contribution in [3.8, 4) is 5.75 Å². The van der Waals surface area contributed by atoms with Crippen LogP contribution in [0.4, 0.5) is 5.69 Å². The van der Waals surface area contributed by atoms with Crippen molar-refractivity contribution in [2.24, 2.45) is 0 Å². The monoisotopic (exact) mass is 275 g/mol. The van der Waals surface area contributed by atoms with E-state index in [1.807, 2.05) is 36.2 Å². The molecule has 0 saturated carbocycles. The smallest absolute Gasteiger partial charge is 0.372 e. The second-order valence-electron chi connectivity index (χ2n) is 4.56. The second kappa shape index (κ2) is 5.69. The molecule has 0 bridgehead atoms. The third-order valence-electron chi connectivity index (χ3n) is 3.05. The van der Waals surface area contributed by atoms with E-state index in [1.54, 1.807) is 20.1 Å². The van der Waals surface area contributed by atoms with E-state index in [1.165, 1.54) is 0 Å². The van der Waals surface area contributed by atoms with Crippen LogP contribution in [-0.4, -0.2) is 25.2 Å². The normalized spacial score (nSPS) is 10.3. The molecule has 106 valence electrons. The predicted octanol–water partition coefficient (Wildman–Crippen LogP) is 2.93. The standard InChI is InChI=1S/C15H17NO4/c1-10-8-11(20-14(10)15(17)18)9-16(2)12-6-4-5-7-13(12)19-3/h4-8H,9H2,1-3H3,(H,17,18). The summed E-state index contributed by atoms with van der Waals surface area (Å²) >= 11 is 0. The molecule has 2 rings (SSSR count). The van der Waals surface area contributed by atoms with Gasteiger partial charge in [0, 0.05) is 12.6 Å². The van der Waals surface area contributed by atoms with Gasteiger partial charge >= 0.3 is 5.97 Å². The Balaban J connectivity index is 2.21. The maximum Gasteiger partial charge on any atom is 0.372 e. The lowest BCUT2D eigenvalue weighted by Crippen LogP contribution is -2.16. The highest BCUT2D eigenvalue weighted by molar-refractivity contribution is 5.86. The van der Waals surface area contributed by atoms with Gasteiger partial charge in [0.25, 0.3) is 0 Å². The van der Waals surface area contributed by atoms with E-state index >= 15 is 0 Å². The third-order valence-corrected chi connectivity index (χ3v) is 3.05. The second-order valence-corrected chi connectivity index (χ2v) is 4.56. The molecular weight excluding hydrogens is 258 g/mol. The van der Waals surface area contributed by atoms with Crippen molar-refractivity contribution >= 4 is 11.7 Å². The highest BCUT2D eigenvalue weighted by atomic mass is 16.5. The van der Waals surface area contributed by atoms with Gasteiger partial charge in [-0.25, -0.2) is 4.79 Å². The zero-order valence-corrected chi connectivity index (χ0v) is 11.7. The molecule has 1 aromatic carbocycles. The molecule has 0 aliphatic heterocycles. The Morgan fingerprint density at radius 1 is 1.40 bits per heavy atom. The SMILES string of the molecule is COc1ccccc1N(C)Cc1cc(C)c(C(=O)O)o1. The van der Waals surface area contributed by atoms with Crippen molar-refractivity contribution in [2.75, 3.05) is 19.1 Å². The Hall–Kier alpha value is -2.43. The Bertz CT molecular complexity index is 618. The average molecular weight is 275 g/mol. The van der Waals surface area contributed by atoms with E-state index in [2.05, 4.69) is 0 Å². The fourth-order valence-electron chi connectivity index (χ4n) is 2.10. The molecule has 5 nitrogen and oxygen atoms in total. The quantitative estimate of drug-likeness (QED) is 0.909. The van der Waals surface area contributed by atoms with Crippen molar-refractivity contribution in [2.45, 2.75) is 13.5 Å². The maximum absolute atomic E-state index is 11.0. The van der Waals surface area contributed by atoms with Crippen molar-refractivity contribution in [1.82, 2.24) is 0 Å². The number of hydrogen-bond acceptors (Lipinski definition) is 4. The number of nitrogens with zero attached hydrogens (tertiary/aromatic N) is 1. The number of para-hydroxylation sites is 2. The van der Waals surface area contributed by atoms with Crippen LogP contribution < -0.4 is 9.64 Å². The van der Waals surface area contributed by atoms with Crippen LogP contribution in [0.3, 0.4) is 0 Å². The number of carboxylic acids is 1. The fraction of sp³-hybridized carbons (Fsp3) is 0.267. The zero-order valence-electron chi connectivity index (χ0n) is 11.7. The van der Waals surface area contributed by atoms with E-state index in [4.69, 9.17) is 14.3 Å². The van der Waals surface area contributed by atoms with Crippen LogP contribution in [0.1, 0.15) is 21.9 Å². The first-order valence-electron chi connectivity index (χ1n) is 6.19. The molecule has 1 N–H and O–H groups in total. The van der Waals surface area contributed by atoms with Gasteiger partial charge in [-0.2, -0.15) is 0 Å². The molecule has 0 fully saturated rings. The lowest BCUT2D eigenvalue weighted by molar-refractivity contribution is 0.0659. The van der Waals surface area contributed by atoms with E-state index < -0.39 is 5.97 Å². The van der Waals surface area contributed by atoms with Gasteiger partial charge in [-0.1, -0.05) is 12.1 Å². The molecule has 0 aliphatic rings. The predicted molar refractivity (Wildman–Crippen MR) is 75.5 cm³/mol. The molecule has 2 aromatic rings. The van der Waals surface area contributed by atoms with Gasteiger partial charge in [-0.05, 0) is 25.1 Å². The van der Waals surface area contributed by atoms with Gasteiger partial charge in [-0.3, -0.25) is 0 Å². The van der Waals surface area contributed by atoms with Crippen LogP contribution >= 0.6 is 0 Å². The Morgan fingerprint density at radius 3 is 2.70 bits per heavy atom. The number of aromatic carboxylic acids is 1. The largest absolute Gasteiger partial charge is 0.495 e. The fourth-order valence-corrected chi connectivity index (χ4v) is 2.10. The molecule has 0 unspecified atom stereocenters. The summed E-state index contributed by atoms with van der Waals surface area (Å²) in [6, 6.07) is 9.38. The number of benzene rings is 1. The van der Waals surface area contributed by atoms with Gasteiger partial charge in [0.1, 0.15) is 11.5 Å².